The van der Waals surface area contributed by atoms with Crippen molar-refractivity contribution in [3.8, 4) is 0 Å². The number of rotatable bonds is 9. The fourth-order valence-electron chi connectivity index (χ4n) is 1.78. The summed E-state index contributed by atoms with van der Waals surface area (Å²) >= 11 is 0. The van der Waals surface area contributed by atoms with Crippen molar-refractivity contribution in [3.63, 3.8) is 0 Å². The van der Waals surface area contributed by atoms with Crippen LogP contribution in [0.25, 0.3) is 0 Å². The molecule has 0 saturated carbocycles. The van der Waals surface area contributed by atoms with Crippen LogP contribution in [0.2, 0.25) is 0 Å². The Labute approximate surface area is 125 Å². The summed E-state index contributed by atoms with van der Waals surface area (Å²) < 4.78 is 35.6. The molecule has 0 bridgehead atoms. The molecule has 0 aromatic heterocycles. The Bertz CT molecular complexity index is 530. The van der Waals surface area contributed by atoms with Gasteiger partial charge in [0, 0.05) is 20.2 Å². The van der Waals surface area contributed by atoms with Gasteiger partial charge in [0.05, 0.1) is 25.9 Å². The van der Waals surface area contributed by atoms with Crippen LogP contribution in [0, 0.1) is 0 Å². The van der Waals surface area contributed by atoms with Crippen molar-refractivity contribution in [2.24, 2.45) is 0 Å². The quantitative estimate of drug-likeness (QED) is 0.636. The Balaban J connectivity index is 2.76. The molecule has 1 rings (SSSR count). The number of sulfonamides is 1. The summed E-state index contributed by atoms with van der Waals surface area (Å²) in [5.41, 5.74) is 0.706. The zero-order valence-corrected chi connectivity index (χ0v) is 13.1. The number of ether oxygens (including phenoxy) is 2. The molecule has 0 unspecified atom stereocenters. The smallest absolute Gasteiger partial charge is 0.306 e. The van der Waals surface area contributed by atoms with Crippen LogP contribution in [0.3, 0.4) is 0 Å². The van der Waals surface area contributed by atoms with Gasteiger partial charge in [0.2, 0.25) is 10.0 Å². The van der Waals surface area contributed by atoms with Gasteiger partial charge in [-0.2, -0.15) is 4.31 Å². The van der Waals surface area contributed by atoms with Gasteiger partial charge in [-0.1, -0.05) is 30.3 Å². The van der Waals surface area contributed by atoms with E-state index in [2.05, 4.69) is 4.74 Å². The van der Waals surface area contributed by atoms with Crippen molar-refractivity contribution in [2.45, 2.75) is 12.2 Å². The number of methoxy groups -OCH3 is 2. The molecule has 0 aliphatic rings. The van der Waals surface area contributed by atoms with Crippen molar-refractivity contribution in [1.82, 2.24) is 4.31 Å². The fourth-order valence-corrected chi connectivity index (χ4v) is 3.30. The Morgan fingerprint density at radius 1 is 1.14 bits per heavy atom. The molecule has 6 nitrogen and oxygen atoms in total. The number of nitrogens with zero attached hydrogens (tertiary/aromatic N) is 1. The molecule has 0 saturated heterocycles. The zero-order chi connectivity index (χ0) is 15.7. The number of carbonyl (C=O) groups excluding carboxylic acids is 1. The van der Waals surface area contributed by atoms with Gasteiger partial charge in [-0.15, -0.1) is 0 Å². The van der Waals surface area contributed by atoms with Gasteiger partial charge in [-0.25, -0.2) is 8.42 Å². The van der Waals surface area contributed by atoms with Crippen LogP contribution in [0.4, 0.5) is 0 Å². The molecular formula is C14H21NO5S. The van der Waals surface area contributed by atoms with Gasteiger partial charge >= 0.3 is 5.97 Å². The summed E-state index contributed by atoms with van der Waals surface area (Å²) in [7, 11) is -0.726. The van der Waals surface area contributed by atoms with E-state index in [0.717, 1.165) is 0 Å². The molecule has 7 heteroatoms. The molecule has 0 aliphatic carbocycles. The third kappa shape index (κ3) is 6.24. The summed E-state index contributed by atoms with van der Waals surface area (Å²) in [5, 5.41) is 0. The predicted molar refractivity (Wildman–Crippen MR) is 79.1 cm³/mol. The number of esters is 1. The second-order valence-electron chi connectivity index (χ2n) is 4.46. The van der Waals surface area contributed by atoms with Gasteiger partial charge in [0.1, 0.15) is 0 Å². The van der Waals surface area contributed by atoms with Crippen LogP contribution in [0.5, 0.6) is 0 Å². The van der Waals surface area contributed by atoms with Crippen LogP contribution in [-0.2, 0) is 30.0 Å². The van der Waals surface area contributed by atoms with E-state index < -0.39 is 16.0 Å². The highest BCUT2D eigenvalue weighted by Crippen LogP contribution is 2.11. The monoisotopic (exact) mass is 315 g/mol. The van der Waals surface area contributed by atoms with E-state index in [1.807, 2.05) is 6.07 Å². The average molecular weight is 315 g/mol. The van der Waals surface area contributed by atoms with Crippen molar-refractivity contribution < 1.29 is 22.7 Å². The maximum Gasteiger partial charge on any atom is 0.306 e. The summed E-state index contributed by atoms with van der Waals surface area (Å²) in [6, 6.07) is 8.92. The molecule has 0 radical (unpaired) electrons. The molecule has 0 fully saturated rings. The number of hydrogen-bond donors (Lipinski definition) is 0. The number of hydrogen-bond acceptors (Lipinski definition) is 5. The molecule has 0 amide bonds. The second-order valence-corrected chi connectivity index (χ2v) is 6.43. The molecular weight excluding hydrogens is 294 g/mol. The lowest BCUT2D eigenvalue weighted by molar-refractivity contribution is -0.140. The van der Waals surface area contributed by atoms with E-state index in [9.17, 15) is 13.2 Å². The minimum absolute atomic E-state index is 0.0221. The minimum atomic E-state index is -3.51. The minimum Gasteiger partial charge on any atom is -0.469 e. The first kappa shape index (κ1) is 17.6. The normalized spacial score (nSPS) is 11.6. The summed E-state index contributed by atoms with van der Waals surface area (Å²) in [6.45, 7) is 0.572. The van der Waals surface area contributed by atoms with Crippen LogP contribution >= 0.6 is 0 Å². The largest absolute Gasteiger partial charge is 0.469 e. The first-order chi connectivity index (χ1) is 9.99. The van der Waals surface area contributed by atoms with Crippen LogP contribution in [0.15, 0.2) is 30.3 Å². The topological polar surface area (TPSA) is 72.9 Å². The van der Waals surface area contributed by atoms with Gasteiger partial charge < -0.3 is 9.47 Å². The summed E-state index contributed by atoms with van der Waals surface area (Å²) in [6.07, 6.45) is 0.0221. The molecule has 0 aliphatic heterocycles. The first-order valence-electron chi connectivity index (χ1n) is 6.57. The average Bonchev–Trinajstić information content (AvgIpc) is 2.47. The maximum atomic E-state index is 12.4. The maximum absolute atomic E-state index is 12.4. The van der Waals surface area contributed by atoms with E-state index in [1.165, 1.54) is 18.5 Å². The molecule has 0 atom stereocenters. The molecule has 118 valence electrons. The van der Waals surface area contributed by atoms with E-state index in [1.54, 1.807) is 24.3 Å². The standard InChI is InChI=1S/C14H21NO5S/c1-19-11-10-15(9-8-14(16)20-2)21(17,18)12-13-6-4-3-5-7-13/h3-7H,8-12H2,1-2H3. The third-order valence-electron chi connectivity index (χ3n) is 2.92. The zero-order valence-electron chi connectivity index (χ0n) is 12.3. The molecule has 21 heavy (non-hydrogen) atoms. The molecule has 0 heterocycles. The molecule has 0 N–H and O–H groups in total. The lowest BCUT2D eigenvalue weighted by Gasteiger charge is -2.21. The molecule has 1 aromatic carbocycles. The Morgan fingerprint density at radius 2 is 1.81 bits per heavy atom. The summed E-state index contributed by atoms with van der Waals surface area (Å²) in [4.78, 5) is 11.2. The number of benzene rings is 1. The lowest BCUT2D eigenvalue weighted by Crippen LogP contribution is -2.36. The number of carbonyl (C=O) groups is 1. The predicted octanol–water partition coefficient (Wildman–Crippen LogP) is 1.03. The molecule has 0 spiro atoms. The van der Waals surface area contributed by atoms with Crippen LogP contribution < -0.4 is 0 Å². The molecule has 1 aromatic rings. The third-order valence-corrected chi connectivity index (χ3v) is 4.77. The van der Waals surface area contributed by atoms with Crippen molar-refractivity contribution in [2.75, 3.05) is 33.9 Å². The summed E-state index contributed by atoms with van der Waals surface area (Å²) in [5.74, 6) is -0.536. The van der Waals surface area contributed by atoms with Crippen molar-refractivity contribution >= 4 is 16.0 Å². The SMILES string of the molecule is COCCN(CCC(=O)OC)S(=O)(=O)Cc1ccccc1. The van der Waals surface area contributed by atoms with Gasteiger partial charge in [-0.3, -0.25) is 4.79 Å². The van der Waals surface area contributed by atoms with E-state index in [0.29, 0.717) is 5.56 Å². The Morgan fingerprint density at radius 3 is 2.38 bits per heavy atom. The highest BCUT2D eigenvalue weighted by atomic mass is 32.2. The Kier molecular flexibility index (Phi) is 7.35. The second kappa shape index (κ2) is 8.76. The highest BCUT2D eigenvalue weighted by molar-refractivity contribution is 7.88. The van der Waals surface area contributed by atoms with E-state index in [4.69, 9.17) is 4.74 Å². The van der Waals surface area contributed by atoms with Crippen LogP contribution in [-0.4, -0.2) is 52.6 Å². The first-order valence-corrected chi connectivity index (χ1v) is 8.18. The Hall–Kier alpha value is -1.44. The van der Waals surface area contributed by atoms with E-state index >= 15 is 0 Å². The van der Waals surface area contributed by atoms with Crippen molar-refractivity contribution in [1.29, 1.82) is 0 Å². The van der Waals surface area contributed by atoms with Crippen molar-refractivity contribution in [3.05, 3.63) is 35.9 Å². The van der Waals surface area contributed by atoms with Gasteiger partial charge in [0.25, 0.3) is 0 Å². The van der Waals surface area contributed by atoms with Gasteiger partial charge in [0.15, 0.2) is 0 Å². The highest BCUT2D eigenvalue weighted by Gasteiger charge is 2.23. The lowest BCUT2D eigenvalue weighted by atomic mass is 10.2. The van der Waals surface area contributed by atoms with Crippen LogP contribution in [0.1, 0.15) is 12.0 Å². The fraction of sp³-hybridized carbons (Fsp3) is 0.500. The van der Waals surface area contributed by atoms with Gasteiger partial charge in [-0.05, 0) is 5.56 Å². The van der Waals surface area contributed by atoms with E-state index in [-0.39, 0.29) is 31.9 Å².